The summed E-state index contributed by atoms with van der Waals surface area (Å²) in [5, 5.41) is 0. The third-order valence-electron chi connectivity index (χ3n) is 3.09. The fraction of sp³-hybridized carbons (Fsp3) is 0.600. The predicted molar refractivity (Wildman–Crippen MR) is 78.0 cm³/mol. The molecule has 4 heteroatoms. The molecule has 2 N–H and O–H groups in total. The molecule has 1 amide bonds. The highest BCUT2D eigenvalue weighted by molar-refractivity contribution is 5.94. The molecule has 0 saturated heterocycles. The first-order valence-electron chi connectivity index (χ1n) is 6.95. The van der Waals surface area contributed by atoms with Gasteiger partial charge >= 0.3 is 0 Å². The van der Waals surface area contributed by atoms with Crippen molar-refractivity contribution in [2.45, 2.75) is 33.1 Å². The quantitative estimate of drug-likeness (QED) is 0.819. The van der Waals surface area contributed by atoms with Crippen LogP contribution in [0.2, 0.25) is 0 Å². The van der Waals surface area contributed by atoms with Gasteiger partial charge in [-0.3, -0.25) is 9.78 Å². The zero-order chi connectivity index (χ0) is 14.3. The van der Waals surface area contributed by atoms with E-state index < -0.39 is 0 Å². The summed E-state index contributed by atoms with van der Waals surface area (Å²) in [6.07, 6.45) is 4.57. The zero-order valence-electron chi connectivity index (χ0n) is 12.2. The minimum absolute atomic E-state index is 0.0597. The van der Waals surface area contributed by atoms with Gasteiger partial charge in [-0.05, 0) is 37.4 Å². The summed E-state index contributed by atoms with van der Waals surface area (Å²) in [6, 6.07) is 3.61. The minimum atomic E-state index is 0.0597. The van der Waals surface area contributed by atoms with Gasteiger partial charge in [0.25, 0.3) is 5.91 Å². The second-order valence-electron chi connectivity index (χ2n) is 5.34. The van der Waals surface area contributed by atoms with E-state index in [4.69, 9.17) is 5.73 Å². The Balaban J connectivity index is 2.58. The Morgan fingerprint density at radius 1 is 1.47 bits per heavy atom. The first-order valence-corrected chi connectivity index (χ1v) is 6.95. The van der Waals surface area contributed by atoms with E-state index >= 15 is 0 Å². The van der Waals surface area contributed by atoms with Crippen molar-refractivity contribution in [1.29, 1.82) is 0 Å². The second kappa shape index (κ2) is 7.89. The van der Waals surface area contributed by atoms with Crippen LogP contribution in [0.4, 0.5) is 0 Å². The van der Waals surface area contributed by atoms with Crippen LogP contribution in [0.3, 0.4) is 0 Å². The average Bonchev–Trinajstić information content (AvgIpc) is 2.38. The van der Waals surface area contributed by atoms with Crippen molar-refractivity contribution < 1.29 is 4.79 Å². The van der Waals surface area contributed by atoms with Crippen LogP contribution in [-0.2, 0) is 6.42 Å². The van der Waals surface area contributed by atoms with E-state index in [1.165, 1.54) is 0 Å². The molecule has 0 radical (unpaired) electrons. The molecule has 0 spiro atoms. The SMILES string of the molecule is CC(C)CCCN(C)C(=O)c1ccnc(CCN)c1. The number of aromatic nitrogens is 1. The van der Waals surface area contributed by atoms with Crippen LogP contribution in [0, 0.1) is 5.92 Å². The van der Waals surface area contributed by atoms with Crippen molar-refractivity contribution in [3.05, 3.63) is 29.6 Å². The largest absolute Gasteiger partial charge is 0.342 e. The first kappa shape index (κ1) is 15.6. The van der Waals surface area contributed by atoms with Gasteiger partial charge in [0.05, 0.1) is 0 Å². The van der Waals surface area contributed by atoms with E-state index in [1.54, 1.807) is 17.2 Å². The number of amides is 1. The van der Waals surface area contributed by atoms with Gasteiger partial charge in [0, 0.05) is 37.5 Å². The molecule has 1 aromatic rings. The van der Waals surface area contributed by atoms with Crippen molar-refractivity contribution >= 4 is 5.91 Å². The van der Waals surface area contributed by atoms with E-state index in [0.29, 0.717) is 24.4 Å². The summed E-state index contributed by atoms with van der Waals surface area (Å²) in [4.78, 5) is 18.2. The van der Waals surface area contributed by atoms with Gasteiger partial charge in [0.2, 0.25) is 0 Å². The third kappa shape index (κ3) is 5.39. The Morgan fingerprint density at radius 3 is 2.84 bits per heavy atom. The summed E-state index contributed by atoms with van der Waals surface area (Å²) >= 11 is 0. The molecule has 0 aliphatic carbocycles. The van der Waals surface area contributed by atoms with E-state index in [9.17, 15) is 4.79 Å². The normalized spacial score (nSPS) is 10.8. The van der Waals surface area contributed by atoms with Gasteiger partial charge < -0.3 is 10.6 Å². The smallest absolute Gasteiger partial charge is 0.253 e. The number of carbonyl (C=O) groups excluding carboxylic acids is 1. The van der Waals surface area contributed by atoms with Crippen molar-refractivity contribution in [2.75, 3.05) is 20.1 Å². The molecule has 0 unspecified atom stereocenters. The maximum atomic E-state index is 12.2. The molecule has 106 valence electrons. The van der Waals surface area contributed by atoms with Gasteiger partial charge in [0.15, 0.2) is 0 Å². The molecule has 0 saturated carbocycles. The van der Waals surface area contributed by atoms with Crippen molar-refractivity contribution in [1.82, 2.24) is 9.88 Å². The number of nitrogens with two attached hydrogens (primary N) is 1. The van der Waals surface area contributed by atoms with Crippen LogP contribution < -0.4 is 5.73 Å². The Morgan fingerprint density at radius 2 is 2.21 bits per heavy atom. The Labute approximate surface area is 116 Å². The van der Waals surface area contributed by atoms with Crippen molar-refractivity contribution in [3.8, 4) is 0 Å². The fourth-order valence-corrected chi connectivity index (χ4v) is 1.95. The Hall–Kier alpha value is -1.42. The van der Waals surface area contributed by atoms with E-state index in [-0.39, 0.29) is 5.91 Å². The predicted octanol–water partition coefficient (Wildman–Crippen LogP) is 2.09. The Kier molecular flexibility index (Phi) is 6.50. The molecule has 19 heavy (non-hydrogen) atoms. The van der Waals surface area contributed by atoms with Crippen molar-refractivity contribution in [2.24, 2.45) is 11.7 Å². The summed E-state index contributed by atoms with van der Waals surface area (Å²) in [7, 11) is 1.85. The topological polar surface area (TPSA) is 59.2 Å². The summed E-state index contributed by atoms with van der Waals surface area (Å²) < 4.78 is 0. The van der Waals surface area contributed by atoms with Crippen LogP contribution in [-0.4, -0.2) is 35.9 Å². The lowest BCUT2D eigenvalue weighted by Gasteiger charge is -2.18. The van der Waals surface area contributed by atoms with Gasteiger partial charge in [-0.15, -0.1) is 0 Å². The molecule has 0 aliphatic rings. The lowest BCUT2D eigenvalue weighted by Crippen LogP contribution is -2.28. The lowest BCUT2D eigenvalue weighted by atomic mass is 10.1. The lowest BCUT2D eigenvalue weighted by molar-refractivity contribution is 0.0791. The molecular weight excluding hydrogens is 238 g/mol. The molecular formula is C15H25N3O. The second-order valence-corrected chi connectivity index (χ2v) is 5.34. The van der Waals surface area contributed by atoms with Crippen LogP contribution in [0.5, 0.6) is 0 Å². The third-order valence-corrected chi connectivity index (χ3v) is 3.09. The molecule has 0 bridgehead atoms. The van der Waals surface area contributed by atoms with Crippen LogP contribution >= 0.6 is 0 Å². The van der Waals surface area contributed by atoms with Crippen molar-refractivity contribution in [3.63, 3.8) is 0 Å². The summed E-state index contributed by atoms with van der Waals surface area (Å²) in [5.41, 5.74) is 7.08. The molecule has 4 nitrogen and oxygen atoms in total. The molecule has 0 aromatic carbocycles. The highest BCUT2D eigenvalue weighted by Gasteiger charge is 2.12. The van der Waals surface area contributed by atoms with Crippen LogP contribution in [0.1, 0.15) is 42.7 Å². The zero-order valence-corrected chi connectivity index (χ0v) is 12.2. The first-order chi connectivity index (χ1) is 9.04. The molecule has 1 heterocycles. The molecule has 1 rings (SSSR count). The van der Waals surface area contributed by atoms with Crippen LogP contribution in [0.15, 0.2) is 18.3 Å². The average molecular weight is 263 g/mol. The molecule has 0 aliphatic heterocycles. The maximum Gasteiger partial charge on any atom is 0.253 e. The monoisotopic (exact) mass is 263 g/mol. The highest BCUT2D eigenvalue weighted by atomic mass is 16.2. The Bertz CT molecular complexity index is 404. The summed E-state index contributed by atoms with van der Waals surface area (Å²) in [6.45, 7) is 5.74. The molecule has 1 aromatic heterocycles. The number of hydrogen-bond acceptors (Lipinski definition) is 3. The number of nitrogens with zero attached hydrogens (tertiary/aromatic N) is 2. The van der Waals surface area contributed by atoms with E-state index in [2.05, 4.69) is 18.8 Å². The molecule has 0 atom stereocenters. The molecule has 0 fully saturated rings. The van der Waals surface area contributed by atoms with Gasteiger partial charge in [-0.25, -0.2) is 0 Å². The number of hydrogen-bond donors (Lipinski definition) is 1. The van der Waals surface area contributed by atoms with Gasteiger partial charge in [-0.1, -0.05) is 13.8 Å². The highest BCUT2D eigenvalue weighted by Crippen LogP contribution is 2.08. The van der Waals surface area contributed by atoms with Gasteiger partial charge in [-0.2, -0.15) is 0 Å². The van der Waals surface area contributed by atoms with Gasteiger partial charge in [0.1, 0.15) is 0 Å². The fourth-order valence-electron chi connectivity index (χ4n) is 1.95. The number of pyridine rings is 1. The number of carbonyl (C=O) groups is 1. The minimum Gasteiger partial charge on any atom is -0.342 e. The van der Waals surface area contributed by atoms with E-state index in [1.807, 2.05) is 13.1 Å². The number of rotatable bonds is 7. The maximum absolute atomic E-state index is 12.2. The standard InChI is InChI=1S/C15H25N3O/c1-12(2)5-4-10-18(3)15(19)13-7-9-17-14(11-13)6-8-16/h7,9,11-12H,4-6,8,10,16H2,1-3H3. The summed E-state index contributed by atoms with van der Waals surface area (Å²) in [5.74, 6) is 0.741. The van der Waals surface area contributed by atoms with Crippen LogP contribution in [0.25, 0.3) is 0 Å². The van der Waals surface area contributed by atoms with E-state index in [0.717, 1.165) is 25.1 Å².